The number of unbranched alkanes of at least 4 members (excludes halogenated alkanes) is 16. The molecule has 0 spiro atoms. The first-order valence-electron chi connectivity index (χ1n) is 25.4. The summed E-state index contributed by atoms with van der Waals surface area (Å²) >= 11 is 0. The quantitative estimate of drug-likeness (QED) is 0.0268. The van der Waals surface area contributed by atoms with E-state index in [1.165, 1.54) is 89.9 Å². The molecule has 0 aromatic rings. The minimum atomic E-state index is -4.31. The predicted octanol–water partition coefficient (Wildman–Crippen LogP) is 16.0. The van der Waals surface area contributed by atoms with Gasteiger partial charge in [-0.2, -0.15) is 0 Å². The van der Waals surface area contributed by atoms with Gasteiger partial charge in [0.2, 0.25) is 0 Å². The molecule has 0 fully saturated rings. The van der Waals surface area contributed by atoms with Gasteiger partial charge in [-0.1, -0.05) is 200 Å². The van der Waals surface area contributed by atoms with E-state index in [9.17, 15) is 14.3 Å². The number of rotatable bonds is 47. The fourth-order valence-corrected chi connectivity index (χ4v) is 7.26. The number of nitrogens with two attached hydrogens (primary N) is 1. The lowest BCUT2D eigenvalue weighted by atomic mass is 10.0. The third kappa shape index (κ3) is 50.2. The first kappa shape index (κ1) is 61.2. The summed E-state index contributed by atoms with van der Waals surface area (Å²) in [6.07, 6.45) is 69.9. The van der Waals surface area contributed by atoms with Crippen LogP contribution in [0.4, 0.5) is 0 Å². The number of carbonyl (C=O) groups is 1. The Morgan fingerprint density at radius 1 is 0.484 bits per heavy atom. The van der Waals surface area contributed by atoms with Gasteiger partial charge in [-0.15, -0.1) is 0 Å². The van der Waals surface area contributed by atoms with Crippen LogP contribution in [0.2, 0.25) is 0 Å². The van der Waals surface area contributed by atoms with Gasteiger partial charge in [0.05, 0.1) is 19.8 Å². The minimum absolute atomic E-state index is 0.0678. The highest BCUT2D eigenvalue weighted by molar-refractivity contribution is 7.47. The summed E-state index contributed by atoms with van der Waals surface area (Å²) in [6.45, 7) is 4.62. The van der Waals surface area contributed by atoms with Crippen LogP contribution < -0.4 is 5.73 Å². The van der Waals surface area contributed by atoms with E-state index in [1.807, 2.05) is 0 Å². The molecule has 2 unspecified atom stereocenters. The molecule has 2 atom stereocenters. The van der Waals surface area contributed by atoms with Crippen LogP contribution in [0.15, 0.2) is 109 Å². The Bertz CT molecular complexity index is 1350. The van der Waals surface area contributed by atoms with Crippen LogP contribution in [0.5, 0.6) is 0 Å². The van der Waals surface area contributed by atoms with Crippen LogP contribution in [0, 0.1) is 0 Å². The topological polar surface area (TPSA) is 117 Å². The van der Waals surface area contributed by atoms with Gasteiger partial charge >= 0.3 is 13.8 Å². The molecule has 0 amide bonds. The minimum Gasteiger partial charge on any atom is -0.457 e. The van der Waals surface area contributed by atoms with Gasteiger partial charge in [0.15, 0.2) is 0 Å². The fourth-order valence-electron chi connectivity index (χ4n) is 6.49. The summed E-state index contributed by atoms with van der Waals surface area (Å²) in [5.74, 6) is -0.358. The number of hydrogen-bond acceptors (Lipinski definition) is 7. The third-order valence-electron chi connectivity index (χ3n) is 10.2. The molecule has 0 bridgehead atoms. The van der Waals surface area contributed by atoms with E-state index in [0.717, 1.165) is 83.5 Å². The SMILES string of the molecule is CC/C=C\C/C=C\C/C=C\C/C=C\C/C=C\C/C=C\CCCOCC(COP(=O)(O)OCCN)OC(=O)CCCCCCCCCCCC/C=C\C/C=C\C/C=C\CCCCCCC. The van der Waals surface area contributed by atoms with Gasteiger partial charge in [-0.3, -0.25) is 13.8 Å². The molecule has 0 saturated heterocycles. The molecule has 3 N–H and O–H groups in total. The number of allylic oxidation sites excluding steroid dienone is 18. The van der Waals surface area contributed by atoms with Crippen LogP contribution >= 0.6 is 7.82 Å². The van der Waals surface area contributed by atoms with Crippen molar-refractivity contribution in [1.82, 2.24) is 0 Å². The Balaban J connectivity index is 4.08. The number of phosphoric ester groups is 1. The standard InChI is InChI=1S/C55H94NO7P/c1-3-5-7-9-11-13-15-17-19-21-23-25-26-27-28-29-30-32-34-36-38-40-42-44-46-48-55(57)63-54(53-62-64(58,59)61-51-49-56)52-60-50-47-45-43-41-39-37-35-33-31-24-22-20-18-16-14-12-10-8-6-4-2/h6,8,12,14-15,17-18,20-21,23-24,26-27,31,35,37,41,43,54H,3-5,7,9-11,13,16,19,22,25,28-30,32-34,36,38-40,42,44-53,56H2,1-2H3,(H,58,59)/b8-6-,14-12-,17-15-,20-18-,23-21-,27-26-,31-24-,37-35-,43-41-. The van der Waals surface area contributed by atoms with Gasteiger partial charge in [0, 0.05) is 19.6 Å². The summed E-state index contributed by atoms with van der Waals surface area (Å²) in [7, 11) is -4.31. The van der Waals surface area contributed by atoms with Crippen molar-refractivity contribution in [3.8, 4) is 0 Å². The summed E-state index contributed by atoms with van der Waals surface area (Å²) < 4.78 is 33.5. The number of phosphoric acid groups is 1. The lowest BCUT2D eigenvalue weighted by Gasteiger charge is -2.20. The summed E-state index contributed by atoms with van der Waals surface area (Å²) in [4.78, 5) is 22.6. The highest BCUT2D eigenvalue weighted by Crippen LogP contribution is 2.43. The number of hydrogen-bond donors (Lipinski definition) is 2. The fraction of sp³-hybridized carbons (Fsp3) is 0.655. The third-order valence-corrected chi connectivity index (χ3v) is 11.2. The highest BCUT2D eigenvalue weighted by atomic mass is 31.2. The van der Waals surface area contributed by atoms with Crippen molar-refractivity contribution >= 4 is 13.8 Å². The Morgan fingerprint density at radius 2 is 0.875 bits per heavy atom. The zero-order valence-corrected chi connectivity index (χ0v) is 41.6. The molecule has 0 aromatic carbocycles. The molecule has 9 heteroatoms. The maximum Gasteiger partial charge on any atom is 0.472 e. The summed E-state index contributed by atoms with van der Waals surface area (Å²) in [5.41, 5.74) is 5.38. The largest absolute Gasteiger partial charge is 0.472 e. The van der Waals surface area contributed by atoms with Gasteiger partial charge in [0.25, 0.3) is 0 Å². The average molecular weight is 912 g/mol. The zero-order valence-electron chi connectivity index (χ0n) is 40.7. The monoisotopic (exact) mass is 912 g/mol. The molecule has 0 heterocycles. The van der Waals surface area contributed by atoms with E-state index >= 15 is 0 Å². The molecule has 64 heavy (non-hydrogen) atoms. The van der Waals surface area contributed by atoms with E-state index in [1.54, 1.807) is 0 Å². The Labute approximate surface area is 393 Å². The molecule has 8 nitrogen and oxygen atoms in total. The van der Waals surface area contributed by atoms with Crippen molar-refractivity contribution in [2.45, 2.75) is 200 Å². The second-order valence-corrected chi connectivity index (χ2v) is 17.7. The van der Waals surface area contributed by atoms with Crippen molar-refractivity contribution in [1.29, 1.82) is 0 Å². The number of ether oxygens (including phenoxy) is 2. The van der Waals surface area contributed by atoms with Crippen molar-refractivity contribution in [2.24, 2.45) is 5.73 Å². The Kier molecular flexibility index (Phi) is 48.9. The summed E-state index contributed by atoms with van der Waals surface area (Å²) in [6, 6.07) is 0. The van der Waals surface area contributed by atoms with Crippen molar-refractivity contribution in [3.63, 3.8) is 0 Å². The molecule has 0 aliphatic rings. The van der Waals surface area contributed by atoms with E-state index in [-0.39, 0.29) is 32.3 Å². The van der Waals surface area contributed by atoms with Crippen LogP contribution in [-0.2, 0) is 27.9 Å². The molecule has 0 saturated carbocycles. The van der Waals surface area contributed by atoms with E-state index in [4.69, 9.17) is 24.3 Å². The van der Waals surface area contributed by atoms with Crippen LogP contribution in [0.3, 0.4) is 0 Å². The lowest BCUT2D eigenvalue weighted by Crippen LogP contribution is -2.28. The van der Waals surface area contributed by atoms with Crippen molar-refractivity contribution in [2.75, 3.05) is 33.0 Å². The van der Waals surface area contributed by atoms with Crippen LogP contribution in [0.1, 0.15) is 194 Å². The number of esters is 1. The Hall–Kier alpha value is -2.84. The second kappa shape index (κ2) is 51.1. The van der Waals surface area contributed by atoms with E-state index < -0.39 is 13.9 Å². The maximum absolute atomic E-state index is 12.7. The highest BCUT2D eigenvalue weighted by Gasteiger charge is 2.25. The van der Waals surface area contributed by atoms with E-state index in [0.29, 0.717) is 13.0 Å². The van der Waals surface area contributed by atoms with Crippen molar-refractivity contribution < 1.29 is 32.8 Å². The first-order valence-corrected chi connectivity index (χ1v) is 26.9. The lowest BCUT2D eigenvalue weighted by molar-refractivity contribution is -0.154. The normalized spacial score (nSPS) is 14.2. The molecular weight excluding hydrogens is 818 g/mol. The molecule has 366 valence electrons. The van der Waals surface area contributed by atoms with Gasteiger partial charge in [-0.05, 0) is 96.3 Å². The molecule has 0 aromatic heterocycles. The van der Waals surface area contributed by atoms with Gasteiger partial charge < -0.3 is 20.1 Å². The first-order chi connectivity index (χ1) is 31.4. The molecule has 0 aliphatic heterocycles. The summed E-state index contributed by atoms with van der Waals surface area (Å²) in [5, 5.41) is 0. The van der Waals surface area contributed by atoms with Crippen LogP contribution in [-0.4, -0.2) is 49.9 Å². The maximum atomic E-state index is 12.7. The van der Waals surface area contributed by atoms with Crippen molar-refractivity contribution in [3.05, 3.63) is 109 Å². The predicted molar refractivity (Wildman–Crippen MR) is 274 cm³/mol. The average Bonchev–Trinajstić information content (AvgIpc) is 3.29. The molecule has 0 radical (unpaired) electrons. The molecule has 0 rings (SSSR count). The van der Waals surface area contributed by atoms with E-state index in [2.05, 4.69) is 123 Å². The van der Waals surface area contributed by atoms with Gasteiger partial charge in [-0.25, -0.2) is 4.57 Å². The molecular formula is C55H94NO7P. The number of carbonyl (C=O) groups excluding carboxylic acids is 1. The smallest absolute Gasteiger partial charge is 0.457 e. The Morgan fingerprint density at radius 3 is 1.31 bits per heavy atom. The zero-order chi connectivity index (χ0) is 46.5. The molecule has 0 aliphatic carbocycles. The van der Waals surface area contributed by atoms with Crippen LogP contribution in [0.25, 0.3) is 0 Å². The second-order valence-electron chi connectivity index (χ2n) is 16.3. The van der Waals surface area contributed by atoms with Gasteiger partial charge in [0.1, 0.15) is 6.10 Å².